The lowest BCUT2D eigenvalue weighted by atomic mass is 9.93. The van der Waals surface area contributed by atoms with Crippen molar-refractivity contribution in [3.05, 3.63) is 95.1 Å². The molecule has 0 spiro atoms. The minimum Gasteiger partial charge on any atom is -0.478 e. The highest BCUT2D eigenvalue weighted by molar-refractivity contribution is 7.27. The average molecular weight is 348 g/mol. The van der Waals surface area contributed by atoms with Gasteiger partial charge in [0, 0.05) is 11.1 Å². The van der Waals surface area contributed by atoms with Crippen molar-refractivity contribution < 1.29 is 9.53 Å². The second kappa shape index (κ2) is 7.63. The van der Waals surface area contributed by atoms with Crippen LogP contribution in [0.3, 0.4) is 0 Å². The van der Waals surface area contributed by atoms with Gasteiger partial charge >= 0.3 is 0 Å². The van der Waals surface area contributed by atoms with E-state index in [2.05, 4.69) is 9.24 Å². The standard InChI is InChI=1S/C22H21O2P/c1-15-7-6-8-16(2)20(15)21(23)22(17-9-4-3-5-10-17)24-18-11-13-19(25)14-12-18/h3-14,22H,25H2,1-2H3. The second-order valence-corrected chi connectivity index (χ2v) is 6.78. The Morgan fingerprint density at radius 2 is 1.44 bits per heavy atom. The second-order valence-electron chi connectivity index (χ2n) is 6.11. The molecular formula is C22H21O2P. The van der Waals surface area contributed by atoms with Crippen LogP contribution in [-0.4, -0.2) is 5.78 Å². The quantitative estimate of drug-likeness (QED) is 0.489. The fourth-order valence-corrected chi connectivity index (χ4v) is 3.11. The molecular weight excluding hydrogens is 327 g/mol. The highest BCUT2D eigenvalue weighted by Gasteiger charge is 2.26. The van der Waals surface area contributed by atoms with Crippen LogP contribution in [0.15, 0.2) is 72.8 Å². The van der Waals surface area contributed by atoms with Gasteiger partial charge in [-0.2, -0.15) is 0 Å². The molecule has 3 rings (SSSR count). The number of carbonyl (C=O) groups is 1. The molecule has 0 saturated heterocycles. The van der Waals surface area contributed by atoms with Crippen LogP contribution in [0.4, 0.5) is 0 Å². The number of aryl methyl sites for hydroxylation is 2. The third kappa shape index (κ3) is 3.97. The molecule has 0 bridgehead atoms. The van der Waals surface area contributed by atoms with Gasteiger partial charge in [0.2, 0.25) is 5.78 Å². The smallest absolute Gasteiger partial charge is 0.208 e. The molecule has 2 nitrogen and oxygen atoms in total. The van der Waals surface area contributed by atoms with Crippen molar-refractivity contribution in [3.63, 3.8) is 0 Å². The summed E-state index contributed by atoms with van der Waals surface area (Å²) in [5, 5.41) is 1.07. The molecule has 0 aliphatic carbocycles. The lowest BCUT2D eigenvalue weighted by molar-refractivity contribution is 0.0791. The van der Waals surface area contributed by atoms with E-state index in [0.717, 1.165) is 27.6 Å². The summed E-state index contributed by atoms with van der Waals surface area (Å²) in [6.07, 6.45) is -0.670. The third-order valence-electron chi connectivity index (χ3n) is 4.20. The molecule has 0 fully saturated rings. The van der Waals surface area contributed by atoms with Gasteiger partial charge in [0.05, 0.1) is 0 Å². The van der Waals surface area contributed by atoms with Crippen LogP contribution < -0.4 is 10.0 Å². The van der Waals surface area contributed by atoms with Crippen molar-refractivity contribution >= 4 is 20.3 Å². The van der Waals surface area contributed by atoms with Crippen LogP contribution in [0.25, 0.3) is 0 Å². The number of hydrogen-bond acceptors (Lipinski definition) is 2. The van der Waals surface area contributed by atoms with Gasteiger partial charge in [0.15, 0.2) is 6.10 Å². The van der Waals surface area contributed by atoms with Crippen LogP contribution >= 0.6 is 9.24 Å². The van der Waals surface area contributed by atoms with E-state index in [1.54, 1.807) is 0 Å². The molecule has 0 aliphatic heterocycles. The Hall–Kier alpha value is -2.44. The summed E-state index contributed by atoms with van der Waals surface area (Å²) in [4.78, 5) is 13.3. The Morgan fingerprint density at radius 3 is 2.04 bits per heavy atom. The maximum Gasteiger partial charge on any atom is 0.208 e. The topological polar surface area (TPSA) is 26.3 Å². The van der Waals surface area contributed by atoms with E-state index in [-0.39, 0.29) is 5.78 Å². The zero-order chi connectivity index (χ0) is 17.8. The third-order valence-corrected chi connectivity index (χ3v) is 4.59. The number of benzene rings is 3. The molecule has 126 valence electrons. The average Bonchev–Trinajstić information content (AvgIpc) is 2.61. The Balaban J connectivity index is 2.02. The van der Waals surface area contributed by atoms with Crippen molar-refractivity contribution in [2.45, 2.75) is 20.0 Å². The number of ether oxygens (including phenoxy) is 1. The predicted molar refractivity (Wildman–Crippen MR) is 106 cm³/mol. The lowest BCUT2D eigenvalue weighted by Crippen LogP contribution is -2.21. The molecule has 3 heteroatoms. The first kappa shape index (κ1) is 17.4. The molecule has 2 atom stereocenters. The lowest BCUT2D eigenvalue weighted by Gasteiger charge is -2.20. The van der Waals surface area contributed by atoms with Gasteiger partial charge in [0.1, 0.15) is 5.75 Å². The Labute approximate surface area is 151 Å². The molecule has 25 heavy (non-hydrogen) atoms. The fraction of sp³-hybridized carbons (Fsp3) is 0.136. The van der Waals surface area contributed by atoms with Gasteiger partial charge in [-0.05, 0) is 42.4 Å². The van der Waals surface area contributed by atoms with E-state index in [1.807, 2.05) is 86.6 Å². The first-order chi connectivity index (χ1) is 12.1. The maximum absolute atomic E-state index is 13.3. The molecule has 0 radical (unpaired) electrons. The summed E-state index contributed by atoms with van der Waals surface area (Å²) in [5.41, 5.74) is 3.52. The minimum absolute atomic E-state index is 0.0169. The Bertz CT molecular complexity index is 850. The summed E-state index contributed by atoms with van der Waals surface area (Å²) < 4.78 is 6.12. The van der Waals surface area contributed by atoms with Gasteiger partial charge in [0.25, 0.3) is 0 Å². The van der Waals surface area contributed by atoms with Crippen molar-refractivity contribution in [3.8, 4) is 5.75 Å². The van der Waals surface area contributed by atoms with Crippen molar-refractivity contribution in [2.75, 3.05) is 0 Å². The molecule has 0 aromatic heterocycles. The zero-order valence-electron chi connectivity index (χ0n) is 14.4. The number of Topliss-reactive ketones (excluding diaryl/α,β-unsaturated/α-hetero) is 1. The number of carbonyl (C=O) groups excluding carboxylic acids is 1. The fourth-order valence-electron chi connectivity index (χ4n) is 2.92. The molecule has 0 N–H and O–H groups in total. The van der Waals surface area contributed by atoms with E-state index < -0.39 is 6.10 Å². The van der Waals surface area contributed by atoms with E-state index >= 15 is 0 Å². The molecule has 3 aromatic rings. The molecule has 3 aromatic carbocycles. The van der Waals surface area contributed by atoms with Crippen molar-refractivity contribution in [1.82, 2.24) is 0 Å². The van der Waals surface area contributed by atoms with Crippen molar-refractivity contribution in [2.24, 2.45) is 0 Å². The first-order valence-electron chi connectivity index (χ1n) is 8.24. The highest BCUT2D eigenvalue weighted by atomic mass is 31.0. The number of ketones is 1. The zero-order valence-corrected chi connectivity index (χ0v) is 15.6. The van der Waals surface area contributed by atoms with Crippen molar-refractivity contribution in [1.29, 1.82) is 0 Å². The van der Waals surface area contributed by atoms with Gasteiger partial charge in [-0.3, -0.25) is 4.79 Å². The summed E-state index contributed by atoms with van der Waals surface area (Å²) in [5.74, 6) is 0.663. The van der Waals surface area contributed by atoms with E-state index in [0.29, 0.717) is 5.75 Å². The largest absolute Gasteiger partial charge is 0.478 e. The molecule has 0 amide bonds. The van der Waals surface area contributed by atoms with Gasteiger partial charge in [-0.1, -0.05) is 60.7 Å². The molecule has 0 aliphatic rings. The summed E-state index contributed by atoms with van der Waals surface area (Å²) in [6.45, 7) is 3.93. The first-order valence-corrected chi connectivity index (χ1v) is 8.81. The van der Waals surface area contributed by atoms with E-state index in [1.165, 1.54) is 0 Å². The summed E-state index contributed by atoms with van der Waals surface area (Å²) in [6, 6.07) is 23.2. The molecule has 0 heterocycles. The molecule has 0 saturated carbocycles. The van der Waals surface area contributed by atoms with Crippen LogP contribution in [0.2, 0.25) is 0 Å². The Morgan fingerprint density at radius 1 is 0.840 bits per heavy atom. The van der Waals surface area contributed by atoms with Crippen LogP contribution in [0.1, 0.15) is 33.2 Å². The molecule has 2 unspecified atom stereocenters. The summed E-state index contributed by atoms with van der Waals surface area (Å²) >= 11 is 0. The minimum atomic E-state index is -0.670. The maximum atomic E-state index is 13.3. The van der Waals surface area contributed by atoms with Gasteiger partial charge < -0.3 is 4.74 Å². The Kier molecular flexibility index (Phi) is 5.31. The van der Waals surface area contributed by atoms with Gasteiger partial charge in [-0.15, -0.1) is 9.24 Å². The normalized spacial score (nSPS) is 11.8. The summed E-state index contributed by atoms with van der Waals surface area (Å²) in [7, 11) is 2.65. The van der Waals surface area contributed by atoms with Gasteiger partial charge in [-0.25, -0.2) is 0 Å². The van der Waals surface area contributed by atoms with Crippen LogP contribution in [0, 0.1) is 13.8 Å². The van der Waals surface area contributed by atoms with Crippen LogP contribution in [0.5, 0.6) is 5.75 Å². The monoisotopic (exact) mass is 348 g/mol. The highest BCUT2D eigenvalue weighted by Crippen LogP contribution is 2.28. The van der Waals surface area contributed by atoms with E-state index in [9.17, 15) is 4.79 Å². The number of rotatable bonds is 5. The number of hydrogen-bond donors (Lipinski definition) is 0. The van der Waals surface area contributed by atoms with Crippen LogP contribution in [-0.2, 0) is 0 Å². The van der Waals surface area contributed by atoms with E-state index in [4.69, 9.17) is 4.74 Å². The predicted octanol–water partition coefficient (Wildman–Crippen LogP) is 4.81. The SMILES string of the molecule is Cc1cccc(C)c1C(=O)C(Oc1ccc(P)cc1)c1ccccc1.